The molecule has 0 aliphatic carbocycles. The number of unbranched alkanes of at least 4 members (excludes halogenated alkanes) is 20. The number of carbonyl (C=O) groups is 3. The van der Waals surface area contributed by atoms with Gasteiger partial charge in [0.25, 0.3) is 0 Å². The summed E-state index contributed by atoms with van der Waals surface area (Å²) in [6.07, 6.45) is 46.0. The number of aliphatic carboxylic acids is 1. The van der Waals surface area contributed by atoms with Crippen LogP contribution in [0.3, 0.4) is 0 Å². The minimum Gasteiger partial charge on any atom is -0.545 e. The van der Waals surface area contributed by atoms with Crippen LogP contribution in [-0.4, -0.2) is 82.3 Å². The highest BCUT2D eigenvalue weighted by atomic mass is 16.7. The number of ether oxygens (including phenoxy) is 4. The fourth-order valence-corrected chi connectivity index (χ4v) is 6.43. The summed E-state index contributed by atoms with van der Waals surface area (Å²) in [6, 6.07) is 0. The largest absolute Gasteiger partial charge is 0.545 e. The van der Waals surface area contributed by atoms with E-state index >= 15 is 0 Å². The number of quaternary nitrogens is 1. The summed E-state index contributed by atoms with van der Waals surface area (Å²) in [5.41, 5.74) is 0. The minimum atomic E-state index is -1.64. The lowest BCUT2D eigenvalue weighted by atomic mass is 10.0. The van der Waals surface area contributed by atoms with Gasteiger partial charge in [-0.2, -0.15) is 0 Å². The number of hydrogen-bond acceptors (Lipinski definition) is 8. The van der Waals surface area contributed by atoms with Gasteiger partial charge >= 0.3 is 11.9 Å². The Hall–Kier alpha value is -2.75. The first-order chi connectivity index (χ1) is 28.6. The zero-order valence-electron chi connectivity index (χ0n) is 38.6. The number of carboxylic acid groups (broad SMARTS) is 1. The van der Waals surface area contributed by atoms with Crippen molar-refractivity contribution in [3.8, 4) is 0 Å². The van der Waals surface area contributed by atoms with Crippen LogP contribution in [0.2, 0.25) is 0 Å². The van der Waals surface area contributed by atoms with Gasteiger partial charge in [-0.25, -0.2) is 0 Å². The predicted octanol–water partition coefficient (Wildman–Crippen LogP) is 11.4. The smallest absolute Gasteiger partial charge is 0.306 e. The van der Waals surface area contributed by atoms with Crippen molar-refractivity contribution in [2.75, 3.05) is 47.5 Å². The molecular formula is C50H89NO8. The number of allylic oxidation sites excluding steroid dienone is 8. The number of nitrogens with zero attached hydrogens (tertiary/aromatic N) is 1. The molecule has 0 aromatic carbocycles. The molecule has 0 bridgehead atoms. The van der Waals surface area contributed by atoms with Crippen LogP contribution in [0.1, 0.15) is 194 Å². The quantitative estimate of drug-likeness (QED) is 0.0196. The van der Waals surface area contributed by atoms with Gasteiger partial charge in [0.2, 0.25) is 0 Å². The van der Waals surface area contributed by atoms with E-state index in [1.54, 1.807) is 0 Å². The third kappa shape index (κ3) is 43.2. The monoisotopic (exact) mass is 832 g/mol. The minimum absolute atomic E-state index is 0.127. The van der Waals surface area contributed by atoms with Crippen molar-refractivity contribution in [3.05, 3.63) is 48.6 Å². The molecule has 0 saturated heterocycles. The number of likely N-dealkylation sites (N-methyl/N-ethyl adjacent to an activating group) is 1. The van der Waals surface area contributed by atoms with Crippen LogP contribution in [0, 0.1) is 0 Å². The Labute approximate surface area is 362 Å². The number of carbonyl (C=O) groups excluding carboxylic acids is 3. The first-order valence-electron chi connectivity index (χ1n) is 23.8. The molecule has 0 amide bonds. The van der Waals surface area contributed by atoms with Gasteiger partial charge in [0, 0.05) is 12.8 Å². The third-order valence-electron chi connectivity index (χ3n) is 10.1. The molecule has 0 saturated carbocycles. The summed E-state index contributed by atoms with van der Waals surface area (Å²) in [6.45, 7) is 4.55. The average molecular weight is 832 g/mol. The van der Waals surface area contributed by atoms with Gasteiger partial charge in [-0.3, -0.25) is 9.59 Å². The van der Waals surface area contributed by atoms with E-state index in [2.05, 4.69) is 50.3 Å². The Morgan fingerprint density at radius 1 is 0.525 bits per heavy atom. The van der Waals surface area contributed by atoms with Crippen LogP contribution in [-0.2, 0) is 33.3 Å². The van der Waals surface area contributed by atoms with Crippen LogP contribution < -0.4 is 5.11 Å². The van der Waals surface area contributed by atoms with Crippen molar-refractivity contribution in [2.45, 2.75) is 206 Å². The maximum Gasteiger partial charge on any atom is 0.306 e. The van der Waals surface area contributed by atoms with Crippen LogP contribution in [0.15, 0.2) is 48.6 Å². The fourth-order valence-electron chi connectivity index (χ4n) is 6.43. The first kappa shape index (κ1) is 56.2. The zero-order valence-corrected chi connectivity index (χ0v) is 38.6. The summed E-state index contributed by atoms with van der Waals surface area (Å²) < 4.78 is 22.5. The van der Waals surface area contributed by atoms with E-state index in [1.165, 1.54) is 116 Å². The van der Waals surface area contributed by atoms with Crippen LogP contribution in [0.4, 0.5) is 0 Å². The highest BCUT2D eigenvalue weighted by Crippen LogP contribution is 2.16. The lowest BCUT2D eigenvalue weighted by Gasteiger charge is -2.26. The highest BCUT2D eigenvalue weighted by Gasteiger charge is 2.21. The molecule has 0 radical (unpaired) electrons. The van der Waals surface area contributed by atoms with E-state index in [0.717, 1.165) is 44.9 Å². The number of rotatable bonds is 43. The fraction of sp³-hybridized carbons (Fsp3) is 0.780. The summed E-state index contributed by atoms with van der Waals surface area (Å²) in [5, 5.41) is 11.7. The SMILES string of the molecule is CC/C=C\C/C=C\C/C=C\C/C=C\CCC(=O)OC(COC(=O)CCCCCCCCCCCCCCCCCCCCCCC)COC(OCC[N+](C)(C)C)C(=O)[O-]. The van der Waals surface area contributed by atoms with E-state index in [1.807, 2.05) is 33.3 Å². The third-order valence-corrected chi connectivity index (χ3v) is 10.1. The molecular weight excluding hydrogens is 743 g/mol. The molecule has 0 N–H and O–H groups in total. The normalized spacial score (nSPS) is 13.3. The van der Waals surface area contributed by atoms with Crippen molar-refractivity contribution in [2.24, 2.45) is 0 Å². The van der Waals surface area contributed by atoms with Crippen LogP contribution in [0.5, 0.6) is 0 Å². The predicted molar refractivity (Wildman–Crippen MR) is 242 cm³/mol. The van der Waals surface area contributed by atoms with E-state index in [9.17, 15) is 19.5 Å². The van der Waals surface area contributed by atoms with E-state index in [0.29, 0.717) is 17.4 Å². The average Bonchev–Trinajstić information content (AvgIpc) is 3.19. The number of hydrogen-bond donors (Lipinski definition) is 0. The number of carboxylic acids is 1. The standard InChI is InChI=1S/C50H89NO8/c1-6-8-10-12-14-16-18-20-21-22-23-24-25-26-27-29-30-32-34-36-38-40-47(52)57-44-46(45-58-50(49(54)55)56-43-42-51(3,4)5)59-48(53)41-39-37-35-33-31-28-19-17-15-13-11-9-7-2/h9,11,15,17,28,31,35,37,46,50H,6-8,10,12-14,16,18-27,29-30,32-34,36,38-45H2,1-5H3/b11-9-,17-15-,31-28-,37-35-. The molecule has 9 heteroatoms. The lowest BCUT2D eigenvalue weighted by Crippen LogP contribution is -2.44. The lowest BCUT2D eigenvalue weighted by molar-refractivity contribution is -0.870. The first-order valence-corrected chi connectivity index (χ1v) is 23.8. The number of esters is 2. The van der Waals surface area contributed by atoms with Gasteiger partial charge in [0.15, 0.2) is 12.4 Å². The van der Waals surface area contributed by atoms with Gasteiger partial charge in [0.1, 0.15) is 13.2 Å². The molecule has 0 aliphatic heterocycles. The molecule has 0 heterocycles. The van der Waals surface area contributed by atoms with Crippen molar-refractivity contribution in [1.29, 1.82) is 0 Å². The summed E-state index contributed by atoms with van der Waals surface area (Å²) in [4.78, 5) is 36.9. The molecule has 59 heavy (non-hydrogen) atoms. The molecule has 0 aromatic rings. The summed E-state index contributed by atoms with van der Waals surface area (Å²) >= 11 is 0. The highest BCUT2D eigenvalue weighted by molar-refractivity contribution is 5.70. The molecule has 0 fully saturated rings. The van der Waals surface area contributed by atoms with Crippen molar-refractivity contribution >= 4 is 17.9 Å². The second kappa shape index (κ2) is 42.0. The van der Waals surface area contributed by atoms with Crippen molar-refractivity contribution in [1.82, 2.24) is 0 Å². The van der Waals surface area contributed by atoms with Crippen molar-refractivity contribution in [3.63, 3.8) is 0 Å². The Balaban J connectivity index is 4.37. The van der Waals surface area contributed by atoms with E-state index in [4.69, 9.17) is 18.9 Å². The molecule has 342 valence electrons. The van der Waals surface area contributed by atoms with Gasteiger partial charge in [-0.1, -0.05) is 191 Å². The molecule has 9 nitrogen and oxygen atoms in total. The molecule has 0 aromatic heterocycles. The molecule has 0 aliphatic rings. The van der Waals surface area contributed by atoms with Gasteiger partial charge < -0.3 is 33.3 Å². The van der Waals surface area contributed by atoms with Crippen LogP contribution >= 0.6 is 0 Å². The van der Waals surface area contributed by atoms with Gasteiger partial charge in [0.05, 0.1) is 40.3 Å². The van der Waals surface area contributed by atoms with E-state index < -0.39 is 24.3 Å². The molecule has 2 unspecified atom stereocenters. The van der Waals surface area contributed by atoms with Gasteiger partial charge in [-0.15, -0.1) is 0 Å². The Morgan fingerprint density at radius 2 is 0.966 bits per heavy atom. The Bertz CT molecular complexity index is 1110. The zero-order chi connectivity index (χ0) is 43.5. The summed E-state index contributed by atoms with van der Waals surface area (Å²) in [7, 11) is 5.89. The molecule has 0 spiro atoms. The second-order valence-corrected chi connectivity index (χ2v) is 17.0. The Kier molecular flexibility index (Phi) is 40.0. The molecule has 2 atom stereocenters. The van der Waals surface area contributed by atoms with Gasteiger partial charge in [-0.05, 0) is 38.5 Å². The van der Waals surface area contributed by atoms with E-state index in [-0.39, 0.29) is 38.6 Å². The maximum absolute atomic E-state index is 12.7. The Morgan fingerprint density at radius 3 is 1.41 bits per heavy atom. The second-order valence-electron chi connectivity index (χ2n) is 17.0. The van der Waals surface area contributed by atoms with Crippen LogP contribution in [0.25, 0.3) is 0 Å². The molecule has 0 rings (SSSR count). The topological polar surface area (TPSA) is 111 Å². The maximum atomic E-state index is 12.7. The summed E-state index contributed by atoms with van der Waals surface area (Å²) in [5.74, 6) is -2.39. The van der Waals surface area contributed by atoms with Crippen molar-refractivity contribution < 1.29 is 42.9 Å².